The van der Waals surface area contributed by atoms with Gasteiger partial charge >= 0.3 is 0 Å². The Morgan fingerprint density at radius 2 is 1.97 bits per heavy atom. The van der Waals surface area contributed by atoms with Gasteiger partial charge in [-0.25, -0.2) is 9.97 Å². The molecule has 0 unspecified atom stereocenters. The van der Waals surface area contributed by atoms with Crippen LogP contribution in [-0.4, -0.2) is 45.2 Å². The number of ether oxygens (including phenoxy) is 1. The van der Waals surface area contributed by atoms with Crippen molar-refractivity contribution in [3.8, 4) is 11.5 Å². The Balaban J connectivity index is 1.33. The first-order valence-corrected chi connectivity index (χ1v) is 10.5. The normalized spacial score (nSPS) is 15.6. The van der Waals surface area contributed by atoms with Gasteiger partial charge < -0.3 is 20.7 Å². The van der Waals surface area contributed by atoms with Gasteiger partial charge in [0.25, 0.3) is 5.91 Å². The zero-order valence-electron chi connectivity index (χ0n) is 17.6. The molecule has 1 atom stereocenters. The Morgan fingerprint density at radius 3 is 2.75 bits per heavy atom. The van der Waals surface area contributed by atoms with Crippen LogP contribution in [0.25, 0.3) is 11.0 Å². The quantitative estimate of drug-likeness (QED) is 0.371. The number of pyridine rings is 2. The van der Waals surface area contributed by atoms with Crippen molar-refractivity contribution in [1.29, 1.82) is 0 Å². The summed E-state index contributed by atoms with van der Waals surface area (Å²) < 4.78 is 6.12. The summed E-state index contributed by atoms with van der Waals surface area (Å²) in [5, 5.41) is 17.7. The monoisotopic (exact) mass is 429 g/mol. The second-order valence-corrected chi connectivity index (χ2v) is 7.74. The number of carbonyl (C=O) groups excluding carboxylic acids is 1. The number of hydrogen-bond donors (Lipinski definition) is 4. The minimum atomic E-state index is -0.229. The van der Waals surface area contributed by atoms with Crippen LogP contribution in [0.1, 0.15) is 22.3 Å². The third-order valence-corrected chi connectivity index (χ3v) is 5.33. The van der Waals surface area contributed by atoms with Gasteiger partial charge in [0.2, 0.25) is 0 Å². The van der Waals surface area contributed by atoms with Crippen LogP contribution in [0.5, 0.6) is 11.5 Å². The second kappa shape index (κ2) is 8.64. The number of benzene rings is 1. The van der Waals surface area contributed by atoms with Crippen molar-refractivity contribution in [3.05, 3.63) is 66.0 Å². The third kappa shape index (κ3) is 4.23. The predicted octanol–water partition coefficient (Wildman–Crippen LogP) is 3.48. The van der Waals surface area contributed by atoms with Crippen LogP contribution >= 0.6 is 0 Å². The fraction of sp³-hybridized carbons (Fsp3) is 0.217. The van der Waals surface area contributed by atoms with Gasteiger partial charge in [-0.15, -0.1) is 0 Å². The number of rotatable bonds is 6. The fourth-order valence-electron chi connectivity index (χ4n) is 3.68. The summed E-state index contributed by atoms with van der Waals surface area (Å²) in [4.78, 5) is 21.0. The lowest BCUT2D eigenvalue weighted by atomic mass is 10.2. The summed E-state index contributed by atoms with van der Waals surface area (Å²) in [6.07, 6.45) is 4.37. The smallest absolute Gasteiger partial charge is 0.256 e. The molecule has 5 rings (SSSR count). The van der Waals surface area contributed by atoms with E-state index in [1.54, 1.807) is 42.7 Å². The van der Waals surface area contributed by atoms with Crippen molar-refractivity contribution < 1.29 is 9.53 Å². The summed E-state index contributed by atoms with van der Waals surface area (Å²) in [5.74, 6) is 2.26. The maximum absolute atomic E-state index is 12.5. The van der Waals surface area contributed by atoms with E-state index in [1.807, 2.05) is 19.1 Å². The highest BCUT2D eigenvalue weighted by Crippen LogP contribution is 2.33. The summed E-state index contributed by atoms with van der Waals surface area (Å²) in [5.41, 5.74) is 2.19. The Kier molecular flexibility index (Phi) is 5.39. The van der Waals surface area contributed by atoms with Crippen LogP contribution < -0.4 is 20.7 Å². The zero-order valence-corrected chi connectivity index (χ0v) is 17.6. The topological polar surface area (TPSA) is 117 Å². The molecule has 0 spiro atoms. The van der Waals surface area contributed by atoms with Crippen molar-refractivity contribution in [2.75, 3.05) is 23.7 Å². The number of carbonyl (C=O) groups is 1. The summed E-state index contributed by atoms with van der Waals surface area (Å²) in [6.45, 7) is 3.83. The molecule has 0 aliphatic carbocycles. The van der Waals surface area contributed by atoms with E-state index < -0.39 is 0 Å². The molecule has 1 aliphatic heterocycles. The minimum absolute atomic E-state index is 0.229. The van der Waals surface area contributed by atoms with E-state index in [9.17, 15) is 4.79 Å². The molecule has 4 heterocycles. The van der Waals surface area contributed by atoms with Gasteiger partial charge in [-0.3, -0.25) is 9.89 Å². The SMILES string of the molecule is Cc1ccnc(NC(=O)c2ccc(Oc3ccnc4[nH]nc(N[C@@H]5CCNC5)c34)cc2)c1. The van der Waals surface area contributed by atoms with Gasteiger partial charge in [-0.2, -0.15) is 5.10 Å². The van der Waals surface area contributed by atoms with Crippen LogP contribution in [0.4, 0.5) is 11.6 Å². The Hall–Kier alpha value is -3.98. The average molecular weight is 429 g/mol. The fourth-order valence-corrected chi connectivity index (χ4v) is 3.68. The van der Waals surface area contributed by atoms with Crippen LogP contribution in [0.3, 0.4) is 0 Å². The van der Waals surface area contributed by atoms with E-state index in [2.05, 4.69) is 36.1 Å². The summed E-state index contributed by atoms with van der Waals surface area (Å²) in [7, 11) is 0. The van der Waals surface area contributed by atoms with Crippen molar-refractivity contribution in [1.82, 2.24) is 25.5 Å². The number of H-pyrrole nitrogens is 1. The number of fused-ring (bicyclic) bond motifs is 1. The summed E-state index contributed by atoms with van der Waals surface area (Å²) in [6, 6.07) is 12.8. The van der Waals surface area contributed by atoms with Crippen molar-refractivity contribution in [2.24, 2.45) is 0 Å². The molecule has 1 aliphatic rings. The van der Waals surface area contributed by atoms with Gasteiger partial charge in [-0.05, 0) is 61.9 Å². The molecule has 4 N–H and O–H groups in total. The Labute approximate surface area is 184 Å². The lowest BCUT2D eigenvalue weighted by Crippen LogP contribution is -2.22. The van der Waals surface area contributed by atoms with Gasteiger partial charge in [0, 0.05) is 36.6 Å². The van der Waals surface area contributed by atoms with E-state index in [0.29, 0.717) is 34.6 Å². The number of aryl methyl sites for hydroxylation is 1. The van der Waals surface area contributed by atoms with Crippen LogP contribution in [0.2, 0.25) is 0 Å². The number of aromatic amines is 1. The molecule has 9 heteroatoms. The maximum Gasteiger partial charge on any atom is 0.256 e. The van der Waals surface area contributed by atoms with E-state index >= 15 is 0 Å². The Morgan fingerprint density at radius 1 is 1.12 bits per heavy atom. The number of hydrogen-bond acceptors (Lipinski definition) is 7. The number of anilines is 2. The summed E-state index contributed by atoms with van der Waals surface area (Å²) >= 11 is 0. The van der Waals surface area contributed by atoms with Crippen LogP contribution in [0, 0.1) is 6.92 Å². The van der Waals surface area contributed by atoms with Crippen molar-refractivity contribution in [2.45, 2.75) is 19.4 Å². The standard InChI is InChI=1S/C23H23N7O2/c1-14-6-10-25-19(12-14)28-23(31)15-2-4-17(5-3-15)32-18-8-11-26-21-20(18)22(30-29-21)27-16-7-9-24-13-16/h2-6,8,10-12,16,24H,7,9,13H2,1H3,(H,25,28,31)(H2,26,27,29,30)/t16-/m1/s1. The number of nitrogens with zero attached hydrogens (tertiary/aromatic N) is 3. The van der Waals surface area contributed by atoms with Gasteiger partial charge in [0.15, 0.2) is 11.5 Å². The largest absolute Gasteiger partial charge is 0.456 e. The minimum Gasteiger partial charge on any atom is -0.456 e. The highest BCUT2D eigenvalue weighted by Gasteiger charge is 2.19. The molecule has 3 aromatic heterocycles. The third-order valence-electron chi connectivity index (χ3n) is 5.33. The van der Waals surface area contributed by atoms with Crippen molar-refractivity contribution >= 4 is 28.6 Å². The molecular weight excluding hydrogens is 406 g/mol. The molecule has 0 bridgehead atoms. The van der Waals surface area contributed by atoms with Crippen LogP contribution in [0.15, 0.2) is 54.9 Å². The molecule has 0 saturated carbocycles. The zero-order chi connectivity index (χ0) is 21.9. The molecule has 1 fully saturated rings. The average Bonchev–Trinajstić information content (AvgIpc) is 3.45. The highest BCUT2D eigenvalue weighted by molar-refractivity contribution is 6.03. The second-order valence-electron chi connectivity index (χ2n) is 7.74. The van der Waals surface area contributed by atoms with E-state index in [-0.39, 0.29) is 5.91 Å². The first kappa shape index (κ1) is 20.0. The number of aromatic nitrogens is 4. The van der Waals surface area contributed by atoms with Crippen LogP contribution in [-0.2, 0) is 0 Å². The molecule has 4 aromatic rings. The van der Waals surface area contributed by atoms with Crippen molar-refractivity contribution in [3.63, 3.8) is 0 Å². The predicted molar refractivity (Wildman–Crippen MR) is 122 cm³/mol. The number of amides is 1. The van der Waals surface area contributed by atoms with E-state index in [4.69, 9.17) is 4.74 Å². The first-order chi connectivity index (χ1) is 15.7. The molecular formula is C23H23N7O2. The first-order valence-electron chi connectivity index (χ1n) is 10.5. The number of nitrogens with one attached hydrogen (secondary N) is 4. The van der Waals surface area contributed by atoms with E-state index in [0.717, 1.165) is 36.3 Å². The molecule has 9 nitrogen and oxygen atoms in total. The Bertz CT molecular complexity index is 1250. The molecule has 1 amide bonds. The molecule has 0 radical (unpaired) electrons. The van der Waals surface area contributed by atoms with Gasteiger partial charge in [-0.1, -0.05) is 0 Å². The van der Waals surface area contributed by atoms with Gasteiger partial charge in [0.05, 0.1) is 0 Å². The molecule has 162 valence electrons. The lowest BCUT2D eigenvalue weighted by Gasteiger charge is -2.12. The van der Waals surface area contributed by atoms with Gasteiger partial charge in [0.1, 0.15) is 22.7 Å². The molecule has 1 aromatic carbocycles. The molecule has 1 saturated heterocycles. The lowest BCUT2D eigenvalue weighted by molar-refractivity contribution is 0.102. The van der Waals surface area contributed by atoms with E-state index in [1.165, 1.54) is 0 Å². The molecule has 32 heavy (non-hydrogen) atoms. The maximum atomic E-state index is 12.5. The highest BCUT2D eigenvalue weighted by atomic mass is 16.5.